The van der Waals surface area contributed by atoms with E-state index in [2.05, 4.69) is 10.3 Å². The van der Waals surface area contributed by atoms with Gasteiger partial charge < -0.3 is 9.88 Å². The minimum absolute atomic E-state index is 0.166. The molecule has 2 unspecified atom stereocenters. The van der Waals surface area contributed by atoms with Gasteiger partial charge in [-0.15, -0.1) is 0 Å². The summed E-state index contributed by atoms with van der Waals surface area (Å²) in [7, 11) is -0.777. The summed E-state index contributed by atoms with van der Waals surface area (Å²) in [4.78, 5) is 4.26. The Morgan fingerprint density at radius 1 is 1.73 bits per heavy atom. The van der Waals surface area contributed by atoms with Crippen LogP contribution >= 0.6 is 0 Å². The van der Waals surface area contributed by atoms with Gasteiger partial charge in [-0.3, -0.25) is 4.21 Å². The Bertz CT molecular complexity index is 359. The molecule has 5 heteroatoms. The highest BCUT2D eigenvalue weighted by Crippen LogP contribution is 2.23. The number of imidazole rings is 1. The maximum Gasteiger partial charge on any atom is 0.203 e. The second-order valence-electron chi connectivity index (χ2n) is 4.13. The van der Waals surface area contributed by atoms with Gasteiger partial charge in [0.15, 0.2) is 0 Å². The smallest absolute Gasteiger partial charge is 0.203 e. The lowest BCUT2D eigenvalue weighted by Crippen LogP contribution is -2.19. The van der Waals surface area contributed by atoms with Gasteiger partial charge in [-0.25, -0.2) is 4.98 Å². The number of aromatic nitrogens is 2. The molecule has 0 bridgehead atoms. The summed E-state index contributed by atoms with van der Waals surface area (Å²) in [5.74, 6) is 0.912. The molecule has 4 nitrogen and oxygen atoms in total. The summed E-state index contributed by atoms with van der Waals surface area (Å²) in [6, 6.07) is 0.605. The fourth-order valence-corrected chi connectivity index (χ4v) is 1.76. The molecule has 0 amide bonds. The SMILES string of the molecule is CC(Cn1ccnc1NC1CC1)S(C)=O. The van der Waals surface area contributed by atoms with Crippen LogP contribution in [0.4, 0.5) is 5.95 Å². The van der Waals surface area contributed by atoms with Gasteiger partial charge in [0.1, 0.15) is 0 Å². The predicted molar refractivity (Wildman–Crippen MR) is 62.4 cm³/mol. The normalized spacial score (nSPS) is 19.9. The average Bonchev–Trinajstić information content (AvgIpc) is 2.88. The van der Waals surface area contributed by atoms with E-state index in [0.717, 1.165) is 12.5 Å². The van der Waals surface area contributed by atoms with E-state index in [1.54, 1.807) is 12.5 Å². The summed E-state index contributed by atoms with van der Waals surface area (Å²) in [6.07, 6.45) is 7.95. The van der Waals surface area contributed by atoms with Crippen molar-refractivity contribution in [1.82, 2.24) is 9.55 Å². The molecular weight excluding hydrogens is 210 g/mol. The minimum Gasteiger partial charge on any atom is -0.353 e. The minimum atomic E-state index is -0.777. The van der Waals surface area contributed by atoms with E-state index in [4.69, 9.17) is 0 Å². The molecule has 0 spiro atoms. The third kappa shape index (κ3) is 2.81. The summed E-state index contributed by atoms with van der Waals surface area (Å²) >= 11 is 0. The Hall–Kier alpha value is -0.840. The molecule has 15 heavy (non-hydrogen) atoms. The molecule has 2 rings (SSSR count). The van der Waals surface area contributed by atoms with Crippen LogP contribution < -0.4 is 5.32 Å². The van der Waals surface area contributed by atoms with Crippen molar-refractivity contribution in [2.45, 2.75) is 37.6 Å². The molecule has 1 aromatic heterocycles. The van der Waals surface area contributed by atoms with Crippen LogP contribution in [-0.4, -0.2) is 31.3 Å². The van der Waals surface area contributed by atoms with E-state index in [-0.39, 0.29) is 5.25 Å². The lowest BCUT2D eigenvalue weighted by atomic mass is 10.4. The molecule has 2 atom stereocenters. The fraction of sp³-hybridized carbons (Fsp3) is 0.700. The molecule has 1 saturated carbocycles. The first kappa shape index (κ1) is 10.7. The summed E-state index contributed by atoms with van der Waals surface area (Å²) in [5, 5.41) is 3.53. The molecular formula is C10H17N3OS. The number of nitrogens with one attached hydrogen (secondary N) is 1. The third-order valence-corrected chi connectivity index (χ3v) is 3.93. The number of nitrogens with zero attached hydrogens (tertiary/aromatic N) is 2. The van der Waals surface area contributed by atoms with Gasteiger partial charge >= 0.3 is 0 Å². The van der Waals surface area contributed by atoms with Crippen LogP contribution in [0.5, 0.6) is 0 Å². The molecule has 1 N–H and O–H groups in total. The van der Waals surface area contributed by atoms with Crippen LogP contribution in [0.15, 0.2) is 12.4 Å². The van der Waals surface area contributed by atoms with Crippen LogP contribution in [0.25, 0.3) is 0 Å². The van der Waals surface area contributed by atoms with Crippen LogP contribution in [0, 0.1) is 0 Å². The van der Waals surface area contributed by atoms with Gasteiger partial charge in [0.25, 0.3) is 0 Å². The molecule has 0 aromatic carbocycles. The molecule has 1 aromatic rings. The van der Waals surface area contributed by atoms with E-state index >= 15 is 0 Å². The van der Waals surface area contributed by atoms with Crippen molar-refractivity contribution < 1.29 is 4.21 Å². The number of hydrogen-bond donors (Lipinski definition) is 1. The van der Waals surface area contributed by atoms with Crippen molar-refractivity contribution in [2.75, 3.05) is 11.6 Å². The van der Waals surface area contributed by atoms with Crippen molar-refractivity contribution in [1.29, 1.82) is 0 Å². The van der Waals surface area contributed by atoms with Gasteiger partial charge in [-0.1, -0.05) is 0 Å². The lowest BCUT2D eigenvalue weighted by molar-refractivity contribution is 0.645. The Labute approximate surface area is 92.5 Å². The molecule has 0 aliphatic heterocycles. The highest BCUT2D eigenvalue weighted by molar-refractivity contribution is 7.84. The first-order valence-electron chi connectivity index (χ1n) is 5.26. The fourth-order valence-electron chi connectivity index (χ4n) is 1.39. The first-order valence-corrected chi connectivity index (χ1v) is 6.89. The number of anilines is 1. The third-order valence-electron chi connectivity index (χ3n) is 2.65. The topological polar surface area (TPSA) is 46.9 Å². The van der Waals surface area contributed by atoms with Crippen molar-refractivity contribution in [2.24, 2.45) is 0 Å². The molecule has 1 fully saturated rings. The zero-order valence-electron chi connectivity index (χ0n) is 9.14. The quantitative estimate of drug-likeness (QED) is 0.823. The average molecular weight is 227 g/mol. The highest BCUT2D eigenvalue weighted by Gasteiger charge is 2.22. The van der Waals surface area contributed by atoms with Gasteiger partial charge in [0.2, 0.25) is 5.95 Å². The van der Waals surface area contributed by atoms with Crippen molar-refractivity contribution >= 4 is 16.7 Å². The standard InChI is InChI=1S/C10H17N3OS/c1-8(15(2)14)7-13-6-5-11-10(13)12-9-3-4-9/h5-6,8-9H,3-4,7H2,1-2H3,(H,11,12). The Balaban J connectivity index is 2.00. The van der Waals surface area contributed by atoms with Crippen molar-refractivity contribution in [3.63, 3.8) is 0 Å². The Morgan fingerprint density at radius 3 is 3.07 bits per heavy atom. The highest BCUT2D eigenvalue weighted by atomic mass is 32.2. The van der Waals surface area contributed by atoms with E-state index < -0.39 is 10.8 Å². The number of hydrogen-bond acceptors (Lipinski definition) is 3. The second-order valence-corrected chi connectivity index (χ2v) is 5.93. The molecule has 0 saturated heterocycles. The summed E-state index contributed by atoms with van der Waals surface area (Å²) < 4.78 is 13.3. The van der Waals surface area contributed by atoms with Crippen molar-refractivity contribution in [3.8, 4) is 0 Å². The molecule has 0 radical (unpaired) electrons. The lowest BCUT2D eigenvalue weighted by Gasteiger charge is -2.12. The predicted octanol–water partition coefficient (Wildman–Crippen LogP) is 1.22. The van der Waals surface area contributed by atoms with Gasteiger partial charge in [-0.2, -0.15) is 0 Å². The summed E-state index contributed by atoms with van der Waals surface area (Å²) in [6.45, 7) is 2.76. The van der Waals surface area contributed by atoms with Crippen LogP contribution in [0.1, 0.15) is 19.8 Å². The van der Waals surface area contributed by atoms with E-state index in [9.17, 15) is 4.21 Å². The second kappa shape index (κ2) is 4.35. The first-order chi connectivity index (χ1) is 7.16. The maximum atomic E-state index is 11.3. The monoisotopic (exact) mass is 227 g/mol. The van der Waals surface area contributed by atoms with E-state index in [0.29, 0.717) is 6.04 Å². The number of rotatable bonds is 5. The van der Waals surface area contributed by atoms with E-state index in [1.165, 1.54) is 12.8 Å². The Kier molecular flexibility index (Phi) is 3.09. The van der Waals surface area contributed by atoms with E-state index in [1.807, 2.05) is 17.7 Å². The zero-order valence-corrected chi connectivity index (χ0v) is 9.96. The zero-order chi connectivity index (χ0) is 10.8. The maximum absolute atomic E-state index is 11.3. The van der Waals surface area contributed by atoms with Crippen LogP contribution in [-0.2, 0) is 17.3 Å². The largest absolute Gasteiger partial charge is 0.353 e. The van der Waals surface area contributed by atoms with Crippen molar-refractivity contribution in [3.05, 3.63) is 12.4 Å². The molecule has 1 aliphatic carbocycles. The molecule has 1 heterocycles. The van der Waals surface area contributed by atoms with Gasteiger partial charge in [0, 0.05) is 47.3 Å². The Morgan fingerprint density at radius 2 is 2.47 bits per heavy atom. The van der Waals surface area contributed by atoms with Crippen LogP contribution in [0.2, 0.25) is 0 Å². The van der Waals surface area contributed by atoms with Gasteiger partial charge in [-0.05, 0) is 19.8 Å². The van der Waals surface area contributed by atoms with Gasteiger partial charge in [0.05, 0.1) is 0 Å². The van der Waals surface area contributed by atoms with Crippen LogP contribution in [0.3, 0.4) is 0 Å². The molecule has 84 valence electrons. The molecule has 1 aliphatic rings. The summed E-state index contributed by atoms with van der Waals surface area (Å²) in [5.41, 5.74) is 0.